The van der Waals surface area contributed by atoms with Crippen molar-refractivity contribution in [2.75, 3.05) is 24.6 Å². The van der Waals surface area contributed by atoms with Crippen molar-refractivity contribution in [2.45, 2.75) is 19.4 Å². The normalized spacial score (nSPS) is 17.8. The van der Waals surface area contributed by atoms with E-state index in [0.29, 0.717) is 19.1 Å². The maximum atomic E-state index is 9.07. The lowest BCUT2D eigenvalue weighted by atomic mass is 9.98. The first kappa shape index (κ1) is 11.4. The van der Waals surface area contributed by atoms with Crippen LogP contribution in [0.15, 0.2) is 18.3 Å². The van der Waals surface area contributed by atoms with Crippen molar-refractivity contribution in [3.63, 3.8) is 0 Å². The lowest BCUT2D eigenvalue weighted by Gasteiger charge is -2.32. The van der Waals surface area contributed by atoms with Crippen LogP contribution in [-0.2, 0) is 6.54 Å². The van der Waals surface area contributed by atoms with E-state index in [1.807, 2.05) is 12.3 Å². The number of nitrogens with zero attached hydrogens (tertiary/aromatic N) is 2. The summed E-state index contributed by atoms with van der Waals surface area (Å²) in [6.45, 7) is 2.83. The minimum Gasteiger partial charge on any atom is -0.396 e. The number of aliphatic hydroxyl groups is 1. The third kappa shape index (κ3) is 2.51. The molecule has 1 fully saturated rings. The molecule has 0 bridgehead atoms. The van der Waals surface area contributed by atoms with E-state index in [-0.39, 0.29) is 0 Å². The second kappa shape index (κ2) is 5.27. The van der Waals surface area contributed by atoms with Crippen LogP contribution in [0.1, 0.15) is 18.5 Å². The highest BCUT2D eigenvalue weighted by Gasteiger charge is 2.18. The van der Waals surface area contributed by atoms with Crippen molar-refractivity contribution in [3.8, 4) is 0 Å². The number of rotatable bonds is 3. The third-order valence-electron chi connectivity index (χ3n) is 3.26. The standard InChI is InChI=1S/C12H19N3O/c13-7-11-1-2-12(8-14-11)15-5-3-10(9-16)4-6-15/h1-2,8,10,16H,3-7,9,13H2. The summed E-state index contributed by atoms with van der Waals surface area (Å²) in [5.41, 5.74) is 7.60. The van der Waals surface area contributed by atoms with Crippen molar-refractivity contribution in [2.24, 2.45) is 11.7 Å². The fraction of sp³-hybridized carbons (Fsp3) is 0.583. The first-order valence-electron chi connectivity index (χ1n) is 5.84. The summed E-state index contributed by atoms with van der Waals surface area (Å²) in [6, 6.07) is 4.06. The molecule has 0 aliphatic carbocycles. The van der Waals surface area contributed by atoms with Gasteiger partial charge in [0, 0.05) is 26.2 Å². The van der Waals surface area contributed by atoms with Gasteiger partial charge in [0.25, 0.3) is 0 Å². The molecule has 2 rings (SSSR count). The van der Waals surface area contributed by atoms with E-state index in [4.69, 9.17) is 10.8 Å². The zero-order chi connectivity index (χ0) is 11.4. The minimum absolute atomic E-state index is 0.318. The topological polar surface area (TPSA) is 62.4 Å². The average Bonchev–Trinajstić information content (AvgIpc) is 2.39. The smallest absolute Gasteiger partial charge is 0.0552 e. The highest BCUT2D eigenvalue weighted by atomic mass is 16.3. The molecule has 0 atom stereocenters. The van der Waals surface area contributed by atoms with Crippen LogP contribution < -0.4 is 10.6 Å². The average molecular weight is 221 g/mol. The monoisotopic (exact) mass is 221 g/mol. The molecule has 88 valence electrons. The fourth-order valence-electron chi connectivity index (χ4n) is 2.10. The molecule has 1 aromatic heterocycles. The quantitative estimate of drug-likeness (QED) is 0.790. The van der Waals surface area contributed by atoms with Gasteiger partial charge in [-0.15, -0.1) is 0 Å². The van der Waals surface area contributed by atoms with Crippen molar-refractivity contribution in [1.82, 2.24) is 4.98 Å². The number of aromatic nitrogens is 1. The van der Waals surface area contributed by atoms with Crippen LogP contribution >= 0.6 is 0 Å². The number of hydrogen-bond acceptors (Lipinski definition) is 4. The van der Waals surface area contributed by atoms with E-state index in [1.54, 1.807) is 0 Å². The van der Waals surface area contributed by atoms with Crippen LogP contribution in [0.5, 0.6) is 0 Å². The molecular weight excluding hydrogens is 202 g/mol. The molecule has 1 aromatic rings. The molecule has 0 amide bonds. The van der Waals surface area contributed by atoms with Crippen molar-refractivity contribution in [3.05, 3.63) is 24.0 Å². The Morgan fingerprint density at radius 1 is 1.38 bits per heavy atom. The molecule has 4 nitrogen and oxygen atoms in total. The maximum absolute atomic E-state index is 9.07. The Kier molecular flexibility index (Phi) is 3.74. The van der Waals surface area contributed by atoms with Crippen LogP contribution in [0.25, 0.3) is 0 Å². The predicted octanol–water partition coefficient (Wildman–Crippen LogP) is 0.749. The summed E-state index contributed by atoms with van der Waals surface area (Å²) in [6.07, 6.45) is 4.02. The van der Waals surface area contributed by atoms with Gasteiger partial charge in [-0.25, -0.2) is 0 Å². The number of pyridine rings is 1. The van der Waals surface area contributed by atoms with E-state index in [0.717, 1.165) is 37.3 Å². The molecule has 16 heavy (non-hydrogen) atoms. The van der Waals surface area contributed by atoms with E-state index >= 15 is 0 Å². The van der Waals surface area contributed by atoms with Gasteiger partial charge in [-0.05, 0) is 30.9 Å². The zero-order valence-electron chi connectivity index (χ0n) is 9.47. The van der Waals surface area contributed by atoms with Gasteiger partial charge in [0.1, 0.15) is 0 Å². The Morgan fingerprint density at radius 3 is 2.62 bits per heavy atom. The molecule has 0 spiro atoms. The van der Waals surface area contributed by atoms with Gasteiger partial charge in [0.05, 0.1) is 17.6 Å². The van der Waals surface area contributed by atoms with E-state index in [1.165, 1.54) is 0 Å². The first-order valence-corrected chi connectivity index (χ1v) is 5.84. The lowest BCUT2D eigenvalue weighted by Crippen LogP contribution is -2.34. The molecule has 0 aromatic carbocycles. The molecule has 0 radical (unpaired) electrons. The molecule has 1 aliphatic rings. The molecule has 1 saturated heterocycles. The van der Waals surface area contributed by atoms with Gasteiger partial charge in [-0.3, -0.25) is 4.98 Å². The van der Waals surface area contributed by atoms with Crippen molar-refractivity contribution >= 4 is 5.69 Å². The summed E-state index contributed by atoms with van der Waals surface area (Å²) < 4.78 is 0. The second-order valence-corrected chi connectivity index (χ2v) is 4.32. The van der Waals surface area contributed by atoms with Crippen LogP contribution in [-0.4, -0.2) is 29.8 Å². The third-order valence-corrected chi connectivity index (χ3v) is 3.26. The Balaban J connectivity index is 1.97. The van der Waals surface area contributed by atoms with Gasteiger partial charge in [0.2, 0.25) is 0 Å². The Bertz CT molecular complexity index is 318. The largest absolute Gasteiger partial charge is 0.396 e. The molecule has 4 heteroatoms. The van der Waals surface area contributed by atoms with Gasteiger partial charge < -0.3 is 15.7 Å². The summed E-state index contributed by atoms with van der Waals surface area (Å²) in [7, 11) is 0. The predicted molar refractivity (Wildman–Crippen MR) is 64.2 cm³/mol. The fourth-order valence-corrected chi connectivity index (χ4v) is 2.10. The van der Waals surface area contributed by atoms with Crippen molar-refractivity contribution in [1.29, 1.82) is 0 Å². The Morgan fingerprint density at radius 2 is 2.12 bits per heavy atom. The van der Waals surface area contributed by atoms with Crippen LogP contribution in [0.4, 0.5) is 5.69 Å². The Hall–Kier alpha value is -1.13. The summed E-state index contributed by atoms with van der Waals surface area (Å²) in [4.78, 5) is 6.61. The van der Waals surface area contributed by atoms with Crippen LogP contribution in [0, 0.1) is 5.92 Å². The lowest BCUT2D eigenvalue weighted by molar-refractivity contribution is 0.203. The van der Waals surface area contributed by atoms with Gasteiger partial charge in [-0.1, -0.05) is 0 Å². The second-order valence-electron chi connectivity index (χ2n) is 4.32. The molecule has 0 unspecified atom stereocenters. The van der Waals surface area contributed by atoms with E-state index in [9.17, 15) is 0 Å². The first-order chi connectivity index (χ1) is 7.83. The van der Waals surface area contributed by atoms with Crippen LogP contribution in [0.3, 0.4) is 0 Å². The number of hydrogen-bond donors (Lipinski definition) is 2. The minimum atomic E-state index is 0.318. The highest BCUT2D eigenvalue weighted by Crippen LogP contribution is 2.22. The maximum Gasteiger partial charge on any atom is 0.0552 e. The van der Waals surface area contributed by atoms with Crippen molar-refractivity contribution < 1.29 is 5.11 Å². The Labute approximate surface area is 96.1 Å². The SMILES string of the molecule is NCc1ccc(N2CCC(CO)CC2)cn1. The molecule has 3 N–H and O–H groups in total. The van der Waals surface area contributed by atoms with Gasteiger partial charge in [0.15, 0.2) is 0 Å². The van der Waals surface area contributed by atoms with Gasteiger partial charge in [-0.2, -0.15) is 0 Å². The number of anilines is 1. The number of nitrogens with two attached hydrogens (primary N) is 1. The summed E-state index contributed by atoms with van der Waals surface area (Å²) in [5.74, 6) is 0.479. The molecular formula is C12H19N3O. The number of aliphatic hydroxyl groups excluding tert-OH is 1. The van der Waals surface area contributed by atoms with E-state index in [2.05, 4.69) is 16.0 Å². The molecule has 2 heterocycles. The highest BCUT2D eigenvalue weighted by molar-refractivity contribution is 5.44. The zero-order valence-corrected chi connectivity index (χ0v) is 9.47. The number of piperidine rings is 1. The summed E-state index contributed by atoms with van der Waals surface area (Å²) >= 11 is 0. The molecule has 0 saturated carbocycles. The molecule has 1 aliphatic heterocycles. The van der Waals surface area contributed by atoms with Crippen LogP contribution in [0.2, 0.25) is 0 Å². The summed E-state index contributed by atoms with van der Waals surface area (Å²) in [5, 5.41) is 9.07. The van der Waals surface area contributed by atoms with E-state index < -0.39 is 0 Å². The van der Waals surface area contributed by atoms with Gasteiger partial charge >= 0.3 is 0 Å².